The largest absolute Gasteiger partial charge is 0.435 e. The molecule has 160 valence electrons. The third kappa shape index (κ3) is 4.72. The Labute approximate surface area is 172 Å². The quantitative estimate of drug-likeness (QED) is 0.553. The van der Waals surface area contributed by atoms with E-state index in [0.29, 0.717) is 24.1 Å². The van der Waals surface area contributed by atoms with Gasteiger partial charge in [0.2, 0.25) is 10.0 Å². The molecule has 3 aromatic rings. The summed E-state index contributed by atoms with van der Waals surface area (Å²) >= 11 is 0. The molecule has 0 spiro atoms. The number of nitrogens with zero attached hydrogens (tertiary/aromatic N) is 2. The minimum Gasteiger partial charge on any atom is -0.330 e. The zero-order chi connectivity index (χ0) is 21.9. The zero-order valence-electron chi connectivity index (χ0n) is 16.1. The van der Waals surface area contributed by atoms with Crippen LogP contribution in [0.3, 0.4) is 0 Å². The summed E-state index contributed by atoms with van der Waals surface area (Å²) in [4.78, 5) is -0.150. The first kappa shape index (κ1) is 22.0. The highest BCUT2D eigenvalue weighted by atomic mass is 32.2. The summed E-state index contributed by atoms with van der Waals surface area (Å²) in [5.74, 6) is 0. The number of sulfonamides is 1. The fraction of sp³-hybridized carbons (Fsp3) is 0.250. The molecule has 2 aromatic carbocycles. The Morgan fingerprint density at radius 2 is 1.80 bits per heavy atom. The Hall–Kier alpha value is -2.69. The molecule has 0 bridgehead atoms. The van der Waals surface area contributed by atoms with Crippen molar-refractivity contribution in [2.75, 3.05) is 13.1 Å². The molecule has 0 atom stereocenters. The highest BCUT2D eigenvalue weighted by Gasteiger charge is 2.34. The van der Waals surface area contributed by atoms with Gasteiger partial charge in [-0.15, -0.1) is 0 Å². The van der Waals surface area contributed by atoms with Crippen LogP contribution in [0.2, 0.25) is 0 Å². The van der Waals surface area contributed by atoms with Gasteiger partial charge in [-0.1, -0.05) is 42.0 Å². The number of rotatable bonds is 7. The molecule has 0 saturated heterocycles. The van der Waals surface area contributed by atoms with Crippen molar-refractivity contribution in [3.8, 4) is 16.8 Å². The summed E-state index contributed by atoms with van der Waals surface area (Å²) in [7, 11) is -4.07. The van der Waals surface area contributed by atoms with Crippen LogP contribution < -0.4 is 10.5 Å². The standard InChI is InChI=1S/C20H21F3N4O2S/c1-14-6-8-15(9-7-14)16-4-2-5-17(19(16)30(28,29)25-12-3-11-24)27-13-10-18(26-27)20(21,22)23/h2,4-10,13,25H,3,11-12,24H2,1H3. The Morgan fingerprint density at radius 3 is 2.40 bits per heavy atom. The molecule has 1 aromatic heterocycles. The summed E-state index contributed by atoms with van der Waals surface area (Å²) in [5.41, 5.74) is 6.31. The Balaban J connectivity index is 2.21. The second-order valence-electron chi connectivity index (χ2n) is 6.70. The molecule has 3 rings (SSSR count). The molecule has 0 unspecified atom stereocenters. The number of nitrogens with one attached hydrogen (secondary N) is 1. The zero-order valence-corrected chi connectivity index (χ0v) is 17.0. The normalized spacial score (nSPS) is 12.3. The molecule has 30 heavy (non-hydrogen) atoms. The van der Waals surface area contributed by atoms with E-state index in [4.69, 9.17) is 5.73 Å². The number of aromatic nitrogens is 2. The summed E-state index contributed by atoms with van der Waals surface area (Å²) in [6.07, 6.45) is -3.13. The van der Waals surface area contributed by atoms with Gasteiger partial charge in [-0.3, -0.25) is 0 Å². The van der Waals surface area contributed by atoms with Crippen molar-refractivity contribution < 1.29 is 21.6 Å². The number of nitrogens with two attached hydrogens (primary N) is 1. The minimum atomic E-state index is -4.64. The van der Waals surface area contributed by atoms with Crippen LogP contribution in [0.5, 0.6) is 0 Å². The Morgan fingerprint density at radius 1 is 1.10 bits per heavy atom. The van der Waals surface area contributed by atoms with Crippen LogP contribution in [-0.4, -0.2) is 31.3 Å². The molecular formula is C20H21F3N4O2S. The third-order valence-corrected chi connectivity index (χ3v) is 5.98. The fourth-order valence-corrected chi connectivity index (χ4v) is 4.41. The van der Waals surface area contributed by atoms with Gasteiger partial charge in [0.15, 0.2) is 5.69 Å². The monoisotopic (exact) mass is 438 g/mol. The minimum absolute atomic E-state index is 0.0174. The molecule has 0 saturated carbocycles. The molecular weight excluding hydrogens is 417 g/mol. The van der Waals surface area contributed by atoms with Gasteiger partial charge in [-0.25, -0.2) is 17.8 Å². The van der Waals surface area contributed by atoms with Crippen molar-refractivity contribution in [1.29, 1.82) is 0 Å². The maximum Gasteiger partial charge on any atom is 0.435 e. The van der Waals surface area contributed by atoms with E-state index in [1.54, 1.807) is 24.3 Å². The van der Waals surface area contributed by atoms with Gasteiger partial charge in [0.05, 0.1) is 5.69 Å². The first-order chi connectivity index (χ1) is 14.1. The molecule has 0 aliphatic heterocycles. The average molecular weight is 438 g/mol. The summed E-state index contributed by atoms with van der Waals surface area (Å²) in [5, 5.41) is 3.55. The molecule has 6 nitrogen and oxygen atoms in total. The van der Waals surface area contributed by atoms with Gasteiger partial charge >= 0.3 is 6.18 Å². The van der Waals surface area contributed by atoms with E-state index in [9.17, 15) is 21.6 Å². The Kier molecular flexibility index (Phi) is 6.30. The second kappa shape index (κ2) is 8.58. The molecule has 0 aliphatic rings. The summed E-state index contributed by atoms with van der Waals surface area (Å²) < 4.78 is 68.8. The topological polar surface area (TPSA) is 90.0 Å². The molecule has 0 aliphatic carbocycles. The number of hydrogen-bond donors (Lipinski definition) is 2. The predicted molar refractivity (Wildman–Crippen MR) is 108 cm³/mol. The molecule has 0 fully saturated rings. The Bertz CT molecular complexity index is 1120. The number of alkyl halides is 3. The van der Waals surface area contributed by atoms with Crippen LogP contribution in [0.15, 0.2) is 59.6 Å². The first-order valence-electron chi connectivity index (χ1n) is 9.16. The highest BCUT2D eigenvalue weighted by Crippen LogP contribution is 2.34. The summed E-state index contributed by atoms with van der Waals surface area (Å²) in [6.45, 7) is 2.30. The number of hydrogen-bond acceptors (Lipinski definition) is 4. The van der Waals surface area contributed by atoms with Crippen molar-refractivity contribution in [2.45, 2.75) is 24.4 Å². The predicted octanol–water partition coefficient (Wildman–Crippen LogP) is 3.49. The van der Waals surface area contributed by atoms with Crippen LogP contribution in [0.25, 0.3) is 16.8 Å². The van der Waals surface area contributed by atoms with Crippen LogP contribution in [0.4, 0.5) is 13.2 Å². The molecule has 0 radical (unpaired) electrons. The van der Waals surface area contributed by atoms with E-state index in [-0.39, 0.29) is 17.1 Å². The van der Waals surface area contributed by atoms with E-state index < -0.39 is 21.9 Å². The molecule has 10 heteroatoms. The van der Waals surface area contributed by atoms with E-state index in [2.05, 4.69) is 9.82 Å². The van der Waals surface area contributed by atoms with Crippen molar-refractivity contribution in [2.24, 2.45) is 5.73 Å². The second-order valence-corrected chi connectivity index (χ2v) is 8.41. The molecule has 1 heterocycles. The van der Waals surface area contributed by atoms with E-state index in [0.717, 1.165) is 22.5 Å². The van der Waals surface area contributed by atoms with Gasteiger partial charge in [-0.05, 0) is 37.6 Å². The van der Waals surface area contributed by atoms with E-state index >= 15 is 0 Å². The van der Waals surface area contributed by atoms with Gasteiger partial charge < -0.3 is 5.73 Å². The third-order valence-electron chi connectivity index (χ3n) is 4.42. The van der Waals surface area contributed by atoms with Gasteiger partial charge in [0.1, 0.15) is 4.90 Å². The average Bonchev–Trinajstić information content (AvgIpc) is 3.19. The summed E-state index contributed by atoms with van der Waals surface area (Å²) in [6, 6.07) is 12.6. The first-order valence-corrected chi connectivity index (χ1v) is 10.6. The van der Waals surface area contributed by atoms with Crippen molar-refractivity contribution in [1.82, 2.24) is 14.5 Å². The van der Waals surface area contributed by atoms with Crippen LogP contribution in [0, 0.1) is 6.92 Å². The van der Waals surface area contributed by atoms with Crippen molar-refractivity contribution >= 4 is 10.0 Å². The smallest absolute Gasteiger partial charge is 0.330 e. The van der Waals surface area contributed by atoms with Crippen LogP contribution in [0.1, 0.15) is 17.7 Å². The fourth-order valence-electron chi connectivity index (χ4n) is 2.94. The van der Waals surface area contributed by atoms with Gasteiger partial charge in [0.25, 0.3) is 0 Å². The number of aryl methyl sites for hydroxylation is 1. The van der Waals surface area contributed by atoms with Crippen LogP contribution in [-0.2, 0) is 16.2 Å². The van der Waals surface area contributed by atoms with Gasteiger partial charge in [-0.2, -0.15) is 18.3 Å². The highest BCUT2D eigenvalue weighted by molar-refractivity contribution is 7.89. The van der Waals surface area contributed by atoms with Crippen molar-refractivity contribution in [3.63, 3.8) is 0 Å². The molecule has 0 amide bonds. The number of halogens is 3. The van der Waals surface area contributed by atoms with Crippen LogP contribution >= 0.6 is 0 Å². The maximum absolute atomic E-state index is 13.2. The lowest BCUT2D eigenvalue weighted by atomic mass is 10.0. The lowest BCUT2D eigenvalue weighted by molar-refractivity contribution is -0.141. The molecule has 3 N–H and O–H groups in total. The lowest BCUT2D eigenvalue weighted by Gasteiger charge is -2.16. The van der Waals surface area contributed by atoms with Crippen molar-refractivity contribution in [3.05, 3.63) is 66.0 Å². The SMILES string of the molecule is Cc1ccc(-c2cccc(-n3ccc(C(F)(F)F)n3)c2S(=O)(=O)NCCCN)cc1. The maximum atomic E-state index is 13.2. The number of benzene rings is 2. The van der Waals surface area contributed by atoms with Gasteiger partial charge in [0, 0.05) is 18.3 Å². The van der Waals surface area contributed by atoms with E-state index in [1.165, 1.54) is 6.07 Å². The van der Waals surface area contributed by atoms with E-state index in [1.807, 2.05) is 19.1 Å². The lowest BCUT2D eigenvalue weighted by Crippen LogP contribution is -2.28.